The molecule has 0 spiro atoms. The fraction of sp³-hybridized carbons (Fsp3) is 0.400. The standard InChI is InChI=1S/C10H13BrN2O4S/c1-7-5-9(12-3-4-18(2,16)17)8(11)6-10(7)13(14)15/h5-6,12H,3-4H2,1-2H3. The highest BCUT2D eigenvalue weighted by molar-refractivity contribution is 9.10. The lowest BCUT2D eigenvalue weighted by molar-refractivity contribution is -0.385. The van der Waals surface area contributed by atoms with Crippen LogP contribution in [0.15, 0.2) is 16.6 Å². The van der Waals surface area contributed by atoms with E-state index in [9.17, 15) is 18.5 Å². The summed E-state index contributed by atoms with van der Waals surface area (Å²) in [7, 11) is -3.02. The third-order valence-electron chi connectivity index (χ3n) is 2.27. The molecule has 1 aromatic carbocycles. The van der Waals surface area contributed by atoms with E-state index in [0.29, 0.717) is 15.7 Å². The van der Waals surface area contributed by atoms with Gasteiger partial charge in [-0.05, 0) is 28.9 Å². The average Bonchev–Trinajstić information content (AvgIpc) is 2.20. The highest BCUT2D eigenvalue weighted by Gasteiger charge is 2.14. The second-order valence-corrected chi connectivity index (χ2v) is 7.05. The zero-order chi connectivity index (χ0) is 13.9. The van der Waals surface area contributed by atoms with Crippen LogP contribution in [0, 0.1) is 17.0 Å². The predicted octanol–water partition coefficient (Wildman–Crippen LogP) is 2.12. The van der Waals surface area contributed by atoms with Crippen molar-refractivity contribution in [3.8, 4) is 0 Å². The molecule has 8 heteroatoms. The van der Waals surface area contributed by atoms with Gasteiger partial charge in [0.25, 0.3) is 5.69 Å². The van der Waals surface area contributed by atoms with Crippen molar-refractivity contribution in [3.05, 3.63) is 32.3 Å². The molecule has 0 fully saturated rings. The summed E-state index contributed by atoms with van der Waals surface area (Å²) < 4.78 is 22.5. The van der Waals surface area contributed by atoms with Gasteiger partial charge in [-0.3, -0.25) is 10.1 Å². The van der Waals surface area contributed by atoms with Crippen LogP contribution in [0.1, 0.15) is 5.56 Å². The van der Waals surface area contributed by atoms with E-state index in [2.05, 4.69) is 21.2 Å². The molecule has 0 heterocycles. The zero-order valence-corrected chi connectivity index (χ0v) is 12.3. The molecule has 0 aliphatic rings. The molecule has 1 N–H and O–H groups in total. The number of sulfone groups is 1. The zero-order valence-electron chi connectivity index (χ0n) is 9.94. The maximum Gasteiger partial charge on any atom is 0.273 e. The molecule has 0 aliphatic carbocycles. The van der Waals surface area contributed by atoms with Crippen molar-refractivity contribution >= 4 is 37.1 Å². The molecule has 0 saturated carbocycles. The largest absolute Gasteiger partial charge is 0.383 e. The molecule has 18 heavy (non-hydrogen) atoms. The Hall–Kier alpha value is -1.15. The molecule has 1 aromatic rings. The van der Waals surface area contributed by atoms with Gasteiger partial charge in [-0.2, -0.15) is 0 Å². The number of rotatable bonds is 5. The second kappa shape index (κ2) is 5.66. The van der Waals surface area contributed by atoms with Crippen LogP contribution in [0.5, 0.6) is 0 Å². The first kappa shape index (κ1) is 14.9. The van der Waals surface area contributed by atoms with Crippen molar-refractivity contribution in [1.29, 1.82) is 0 Å². The van der Waals surface area contributed by atoms with Crippen molar-refractivity contribution in [2.24, 2.45) is 0 Å². The van der Waals surface area contributed by atoms with Gasteiger partial charge in [0, 0.05) is 34.6 Å². The van der Waals surface area contributed by atoms with E-state index in [-0.39, 0.29) is 18.0 Å². The maximum atomic E-state index is 11.0. The first-order valence-corrected chi connectivity index (χ1v) is 7.92. The lowest BCUT2D eigenvalue weighted by Crippen LogP contribution is -2.14. The van der Waals surface area contributed by atoms with Crippen molar-refractivity contribution in [3.63, 3.8) is 0 Å². The van der Waals surface area contributed by atoms with E-state index in [1.807, 2.05) is 0 Å². The topological polar surface area (TPSA) is 89.3 Å². The Bertz CT molecular complexity index is 571. The van der Waals surface area contributed by atoms with Gasteiger partial charge >= 0.3 is 0 Å². The molecule has 100 valence electrons. The summed E-state index contributed by atoms with van der Waals surface area (Å²) in [4.78, 5) is 10.3. The Balaban J connectivity index is 2.85. The van der Waals surface area contributed by atoms with E-state index in [4.69, 9.17) is 0 Å². The van der Waals surface area contributed by atoms with Crippen molar-refractivity contribution in [2.75, 3.05) is 23.9 Å². The summed E-state index contributed by atoms with van der Waals surface area (Å²) in [6, 6.07) is 3.02. The van der Waals surface area contributed by atoms with Crippen LogP contribution in [0.4, 0.5) is 11.4 Å². The first-order valence-electron chi connectivity index (χ1n) is 5.07. The first-order chi connectivity index (χ1) is 8.20. The number of nitrogens with one attached hydrogen (secondary N) is 1. The fourth-order valence-corrected chi connectivity index (χ4v) is 2.32. The molecule has 0 radical (unpaired) electrons. The molecule has 1 rings (SSSR count). The van der Waals surface area contributed by atoms with Crippen LogP contribution in [0.25, 0.3) is 0 Å². The van der Waals surface area contributed by atoms with E-state index >= 15 is 0 Å². The number of nitrogens with zero attached hydrogens (tertiary/aromatic N) is 1. The molecule has 0 unspecified atom stereocenters. The third kappa shape index (κ3) is 4.26. The molecule has 6 nitrogen and oxygen atoms in total. The molecule has 0 aromatic heterocycles. The summed E-state index contributed by atoms with van der Waals surface area (Å²) in [6.07, 6.45) is 1.16. The SMILES string of the molecule is Cc1cc(NCCS(C)(=O)=O)c(Br)cc1[N+](=O)[O-]. The van der Waals surface area contributed by atoms with Crippen LogP contribution >= 0.6 is 15.9 Å². The summed E-state index contributed by atoms with van der Waals surface area (Å²) in [5.41, 5.74) is 1.18. The van der Waals surface area contributed by atoms with Gasteiger partial charge in [0.1, 0.15) is 9.84 Å². The molecular formula is C10H13BrN2O4S. The van der Waals surface area contributed by atoms with E-state index in [0.717, 1.165) is 6.26 Å². The minimum absolute atomic E-state index is 0.00940. The summed E-state index contributed by atoms with van der Waals surface area (Å²) >= 11 is 3.21. The third-order valence-corrected chi connectivity index (χ3v) is 3.87. The Labute approximate surface area is 114 Å². The van der Waals surface area contributed by atoms with Gasteiger partial charge in [0.15, 0.2) is 0 Å². The lowest BCUT2D eigenvalue weighted by atomic mass is 10.2. The number of hydrogen-bond acceptors (Lipinski definition) is 5. The monoisotopic (exact) mass is 336 g/mol. The van der Waals surface area contributed by atoms with Crippen LogP contribution in [-0.2, 0) is 9.84 Å². The van der Waals surface area contributed by atoms with Gasteiger partial charge in [0.05, 0.1) is 10.7 Å². The number of hydrogen-bond donors (Lipinski definition) is 1. The Morgan fingerprint density at radius 2 is 2.06 bits per heavy atom. The Kier molecular flexibility index (Phi) is 4.69. The highest BCUT2D eigenvalue weighted by Crippen LogP contribution is 2.30. The minimum Gasteiger partial charge on any atom is -0.383 e. The van der Waals surface area contributed by atoms with Gasteiger partial charge in [0.2, 0.25) is 0 Å². The van der Waals surface area contributed by atoms with Crippen molar-refractivity contribution < 1.29 is 13.3 Å². The number of nitro groups is 1. The number of nitro benzene ring substituents is 1. The van der Waals surface area contributed by atoms with Gasteiger partial charge < -0.3 is 5.32 Å². The Morgan fingerprint density at radius 3 is 2.56 bits per heavy atom. The smallest absolute Gasteiger partial charge is 0.273 e. The predicted molar refractivity (Wildman–Crippen MR) is 73.7 cm³/mol. The highest BCUT2D eigenvalue weighted by atomic mass is 79.9. The van der Waals surface area contributed by atoms with E-state index < -0.39 is 14.8 Å². The van der Waals surface area contributed by atoms with Crippen LogP contribution in [-0.4, -0.2) is 31.9 Å². The van der Waals surface area contributed by atoms with E-state index in [1.165, 1.54) is 6.07 Å². The average molecular weight is 337 g/mol. The Morgan fingerprint density at radius 1 is 1.44 bits per heavy atom. The van der Waals surface area contributed by atoms with Crippen molar-refractivity contribution in [1.82, 2.24) is 0 Å². The summed E-state index contributed by atoms with van der Waals surface area (Å²) in [6.45, 7) is 1.89. The molecule has 0 bridgehead atoms. The summed E-state index contributed by atoms with van der Waals surface area (Å²) in [5, 5.41) is 13.6. The maximum absolute atomic E-state index is 11.0. The van der Waals surface area contributed by atoms with Crippen LogP contribution in [0.3, 0.4) is 0 Å². The fourth-order valence-electron chi connectivity index (χ4n) is 1.37. The molecule has 0 saturated heterocycles. The molecule has 0 aliphatic heterocycles. The van der Waals surface area contributed by atoms with Crippen LogP contribution in [0.2, 0.25) is 0 Å². The summed E-state index contributed by atoms with van der Waals surface area (Å²) in [5.74, 6) is 0.00940. The quantitative estimate of drug-likeness (QED) is 0.657. The number of benzene rings is 1. The number of aryl methyl sites for hydroxylation is 1. The molecular weight excluding hydrogens is 324 g/mol. The normalized spacial score (nSPS) is 11.3. The molecule has 0 amide bonds. The van der Waals surface area contributed by atoms with Gasteiger partial charge in [-0.15, -0.1) is 0 Å². The minimum atomic E-state index is -3.02. The lowest BCUT2D eigenvalue weighted by Gasteiger charge is -2.09. The van der Waals surface area contributed by atoms with Crippen LogP contribution < -0.4 is 5.32 Å². The second-order valence-electron chi connectivity index (χ2n) is 3.93. The molecule has 0 atom stereocenters. The number of halogens is 1. The van der Waals surface area contributed by atoms with Crippen molar-refractivity contribution in [2.45, 2.75) is 6.92 Å². The number of anilines is 1. The van der Waals surface area contributed by atoms with Gasteiger partial charge in [-0.25, -0.2) is 8.42 Å². The van der Waals surface area contributed by atoms with E-state index in [1.54, 1.807) is 13.0 Å². The van der Waals surface area contributed by atoms with Gasteiger partial charge in [-0.1, -0.05) is 0 Å².